The number of amides is 1. The third-order valence-electron chi connectivity index (χ3n) is 3.80. The molecule has 2 N–H and O–H groups in total. The summed E-state index contributed by atoms with van der Waals surface area (Å²) in [5.74, 6) is -0.00587. The molecule has 0 spiro atoms. The molecule has 0 atom stereocenters. The van der Waals surface area contributed by atoms with Crippen LogP contribution in [0.25, 0.3) is 0 Å². The monoisotopic (exact) mass is 260 g/mol. The van der Waals surface area contributed by atoms with Gasteiger partial charge < -0.3 is 10.6 Å². The van der Waals surface area contributed by atoms with E-state index in [0.29, 0.717) is 0 Å². The van der Waals surface area contributed by atoms with E-state index in [1.807, 2.05) is 7.05 Å². The van der Waals surface area contributed by atoms with Crippen molar-refractivity contribution < 1.29 is 4.79 Å². The van der Waals surface area contributed by atoms with Gasteiger partial charge in [0.1, 0.15) is 0 Å². The molecule has 1 amide bonds. The highest BCUT2D eigenvalue weighted by Gasteiger charge is 2.25. The minimum absolute atomic E-state index is 0.00587. The van der Waals surface area contributed by atoms with E-state index >= 15 is 0 Å². The molecule has 0 radical (unpaired) electrons. The van der Waals surface area contributed by atoms with Crippen LogP contribution in [0.5, 0.6) is 0 Å². The van der Waals surface area contributed by atoms with Crippen molar-refractivity contribution in [2.75, 3.05) is 13.6 Å². The number of carbonyl (C=O) groups is 1. The molecule has 0 fully saturated rings. The Balaban J connectivity index is 1.94. The van der Waals surface area contributed by atoms with Gasteiger partial charge in [-0.3, -0.25) is 4.79 Å². The number of rotatable bonds is 4. The molecule has 0 aliphatic heterocycles. The van der Waals surface area contributed by atoms with Crippen molar-refractivity contribution in [3.8, 4) is 0 Å². The van der Waals surface area contributed by atoms with Crippen LogP contribution in [0.3, 0.4) is 0 Å². The molecule has 0 bridgehead atoms. The molecule has 104 valence electrons. The third-order valence-corrected chi connectivity index (χ3v) is 3.80. The second kappa shape index (κ2) is 5.33. The van der Waals surface area contributed by atoms with Gasteiger partial charge in [-0.1, -0.05) is 18.2 Å². The van der Waals surface area contributed by atoms with E-state index in [9.17, 15) is 4.79 Å². The van der Waals surface area contributed by atoms with Crippen LogP contribution in [-0.2, 0) is 24.1 Å². The van der Waals surface area contributed by atoms with Gasteiger partial charge in [0.15, 0.2) is 0 Å². The Morgan fingerprint density at radius 3 is 2.68 bits per heavy atom. The number of hydrogen-bond acceptors (Lipinski definition) is 2. The lowest BCUT2D eigenvalue weighted by atomic mass is 10.0. The molecule has 1 aromatic carbocycles. The first-order valence-corrected chi connectivity index (χ1v) is 7.03. The Hall–Kier alpha value is -1.35. The van der Waals surface area contributed by atoms with Crippen LogP contribution in [0.1, 0.15) is 37.0 Å². The van der Waals surface area contributed by atoms with Gasteiger partial charge in [0.25, 0.3) is 0 Å². The number of likely N-dealkylation sites (N-methyl/N-ethyl adjacent to an activating group) is 1. The van der Waals surface area contributed by atoms with Crippen molar-refractivity contribution in [1.82, 2.24) is 4.90 Å². The van der Waals surface area contributed by atoms with E-state index < -0.39 is 5.54 Å². The molecule has 1 aliphatic rings. The Bertz CT molecular complexity index is 474. The van der Waals surface area contributed by atoms with Gasteiger partial charge >= 0.3 is 0 Å². The van der Waals surface area contributed by atoms with Crippen molar-refractivity contribution in [1.29, 1.82) is 0 Å². The Labute approximate surface area is 115 Å². The van der Waals surface area contributed by atoms with Gasteiger partial charge in [-0.2, -0.15) is 0 Å². The SMILES string of the molecule is CN(CCc1ccc2c(c1)CCC2)C(=O)C(C)(C)N. The van der Waals surface area contributed by atoms with Gasteiger partial charge in [0.05, 0.1) is 5.54 Å². The first-order chi connectivity index (χ1) is 8.88. The highest BCUT2D eigenvalue weighted by molar-refractivity contribution is 5.84. The predicted octanol–water partition coefficient (Wildman–Crippen LogP) is 1.91. The number of benzene rings is 1. The molecule has 19 heavy (non-hydrogen) atoms. The fourth-order valence-electron chi connectivity index (χ4n) is 2.67. The third kappa shape index (κ3) is 3.35. The highest BCUT2D eigenvalue weighted by atomic mass is 16.2. The molecule has 0 saturated heterocycles. The van der Waals surface area contributed by atoms with Gasteiger partial charge in [-0.05, 0) is 56.2 Å². The molecular weight excluding hydrogens is 236 g/mol. The topological polar surface area (TPSA) is 46.3 Å². The average Bonchev–Trinajstić information content (AvgIpc) is 2.81. The second-order valence-corrected chi connectivity index (χ2v) is 6.16. The van der Waals surface area contributed by atoms with Crippen molar-refractivity contribution in [3.63, 3.8) is 0 Å². The minimum Gasteiger partial charge on any atom is -0.344 e. The van der Waals surface area contributed by atoms with Crippen LogP contribution < -0.4 is 5.73 Å². The summed E-state index contributed by atoms with van der Waals surface area (Å²) in [6.45, 7) is 4.22. The van der Waals surface area contributed by atoms with Crippen LogP contribution in [0, 0.1) is 0 Å². The number of hydrogen-bond donors (Lipinski definition) is 1. The fraction of sp³-hybridized carbons (Fsp3) is 0.562. The summed E-state index contributed by atoms with van der Waals surface area (Å²) in [6, 6.07) is 6.73. The number of fused-ring (bicyclic) bond motifs is 1. The van der Waals surface area contributed by atoms with Crippen LogP contribution in [0.2, 0.25) is 0 Å². The Morgan fingerprint density at radius 2 is 2.00 bits per heavy atom. The minimum atomic E-state index is -0.785. The summed E-state index contributed by atoms with van der Waals surface area (Å²) in [5, 5.41) is 0. The zero-order chi connectivity index (χ0) is 14.0. The van der Waals surface area contributed by atoms with Crippen LogP contribution in [-0.4, -0.2) is 29.9 Å². The number of nitrogens with zero attached hydrogens (tertiary/aromatic N) is 1. The molecule has 1 aliphatic carbocycles. The number of aryl methyl sites for hydroxylation is 2. The zero-order valence-corrected chi connectivity index (χ0v) is 12.2. The first kappa shape index (κ1) is 14.1. The molecule has 0 heterocycles. The maximum absolute atomic E-state index is 12.0. The van der Waals surface area contributed by atoms with Crippen molar-refractivity contribution in [2.24, 2.45) is 5.73 Å². The van der Waals surface area contributed by atoms with E-state index in [-0.39, 0.29) is 5.91 Å². The molecule has 2 rings (SSSR count). The summed E-state index contributed by atoms with van der Waals surface area (Å²) in [4.78, 5) is 13.7. The van der Waals surface area contributed by atoms with Crippen LogP contribution in [0.15, 0.2) is 18.2 Å². The van der Waals surface area contributed by atoms with E-state index in [1.54, 1.807) is 18.7 Å². The van der Waals surface area contributed by atoms with Gasteiger partial charge in [0, 0.05) is 13.6 Å². The quantitative estimate of drug-likeness (QED) is 0.899. The smallest absolute Gasteiger partial charge is 0.241 e. The van der Waals surface area contributed by atoms with Gasteiger partial charge in [-0.25, -0.2) is 0 Å². The van der Waals surface area contributed by atoms with Gasteiger partial charge in [-0.15, -0.1) is 0 Å². The molecule has 3 nitrogen and oxygen atoms in total. The first-order valence-electron chi connectivity index (χ1n) is 7.03. The average molecular weight is 260 g/mol. The zero-order valence-electron chi connectivity index (χ0n) is 12.2. The van der Waals surface area contributed by atoms with Crippen molar-refractivity contribution >= 4 is 5.91 Å². The second-order valence-electron chi connectivity index (χ2n) is 6.16. The summed E-state index contributed by atoms with van der Waals surface area (Å²) in [7, 11) is 1.82. The lowest BCUT2D eigenvalue weighted by molar-refractivity contribution is -0.134. The summed E-state index contributed by atoms with van der Waals surface area (Å²) in [5.41, 5.74) is 9.35. The van der Waals surface area contributed by atoms with E-state index in [2.05, 4.69) is 18.2 Å². The molecule has 0 saturated carbocycles. The number of carbonyl (C=O) groups excluding carboxylic acids is 1. The summed E-state index contributed by atoms with van der Waals surface area (Å²) in [6.07, 6.45) is 4.59. The standard InChI is InChI=1S/C16H24N2O/c1-16(2,17)15(19)18(3)10-9-12-7-8-13-5-4-6-14(13)11-12/h7-8,11H,4-6,9-10,17H2,1-3H3. The van der Waals surface area contributed by atoms with E-state index in [0.717, 1.165) is 13.0 Å². The molecular formula is C16H24N2O. The van der Waals surface area contributed by atoms with Gasteiger partial charge in [0.2, 0.25) is 5.91 Å². The van der Waals surface area contributed by atoms with E-state index in [4.69, 9.17) is 5.73 Å². The lowest BCUT2D eigenvalue weighted by Crippen LogP contribution is -2.50. The fourth-order valence-corrected chi connectivity index (χ4v) is 2.67. The summed E-state index contributed by atoms with van der Waals surface area (Å²) < 4.78 is 0. The molecule has 1 aromatic rings. The maximum Gasteiger partial charge on any atom is 0.241 e. The van der Waals surface area contributed by atoms with Crippen LogP contribution in [0.4, 0.5) is 0 Å². The molecule has 3 heteroatoms. The molecule has 0 aromatic heterocycles. The Kier molecular flexibility index (Phi) is 3.95. The highest BCUT2D eigenvalue weighted by Crippen LogP contribution is 2.23. The van der Waals surface area contributed by atoms with Crippen molar-refractivity contribution in [3.05, 3.63) is 34.9 Å². The normalized spacial score (nSPS) is 14.3. The van der Waals surface area contributed by atoms with E-state index in [1.165, 1.54) is 36.0 Å². The largest absolute Gasteiger partial charge is 0.344 e. The molecule has 0 unspecified atom stereocenters. The van der Waals surface area contributed by atoms with Crippen molar-refractivity contribution in [2.45, 2.75) is 45.1 Å². The van der Waals surface area contributed by atoms with Crippen LogP contribution >= 0.6 is 0 Å². The summed E-state index contributed by atoms with van der Waals surface area (Å²) >= 11 is 0. The number of nitrogens with two attached hydrogens (primary N) is 1. The predicted molar refractivity (Wildman–Crippen MR) is 78.1 cm³/mol. The maximum atomic E-state index is 12.0. The Morgan fingerprint density at radius 1 is 1.32 bits per heavy atom. The lowest BCUT2D eigenvalue weighted by Gasteiger charge is -2.25.